The number of rotatable bonds is 10. The van der Waals surface area contributed by atoms with E-state index >= 15 is 0 Å². The van der Waals surface area contributed by atoms with Crippen molar-refractivity contribution in [2.45, 2.75) is 23.9 Å². The van der Waals surface area contributed by atoms with E-state index in [0.717, 1.165) is 22.6 Å². The molecule has 0 spiro atoms. The maximum absolute atomic E-state index is 11.5. The highest BCUT2D eigenvalue weighted by molar-refractivity contribution is 7.99. The quantitative estimate of drug-likeness (QED) is 0.126. The van der Waals surface area contributed by atoms with Crippen LogP contribution in [-0.2, 0) is 6.61 Å². The van der Waals surface area contributed by atoms with Gasteiger partial charge >= 0.3 is 0 Å². The number of nitrogens with zero attached hydrogens (tertiary/aromatic N) is 4. The normalized spacial score (nSPS) is 11.8. The molecule has 0 N–H and O–H groups in total. The number of halogens is 2. The largest absolute Gasteiger partial charge is 0.497 e. The average molecular weight is 545 g/mol. The number of benzene rings is 3. The number of thioether (sulfide) groups is 1. The maximum Gasteiger partial charge on any atom is 0.220 e. The highest BCUT2D eigenvalue weighted by atomic mass is 35.5. The van der Waals surface area contributed by atoms with E-state index < -0.39 is 5.25 Å². The first-order chi connectivity index (χ1) is 17.3. The van der Waals surface area contributed by atoms with Gasteiger partial charge in [0.2, 0.25) is 6.54 Å². The molecule has 11 heteroatoms. The van der Waals surface area contributed by atoms with Crippen LogP contribution in [0.15, 0.2) is 71.9 Å². The summed E-state index contributed by atoms with van der Waals surface area (Å²) in [6, 6.07) is 20.0. The number of nitro groups is 1. The van der Waals surface area contributed by atoms with Gasteiger partial charge in [-0.3, -0.25) is 14.7 Å². The molecule has 3 aromatic carbocycles. The van der Waals surface area contributed by atoms with Crippen LogP contribution in [-0.4, -0.2) is 33.3 Å². The van der Waals surface area contributed by atoms with Crippen LogP contribution in [0.3, 0.4) is 0 Å². The van der Waals surface area contributed by atoms with Crippen LogP contribution >= 0.6 is 35.0 Å². The van der Waals surface area contributed by atoms with Gasteiger partial charge in [0.15, 0.2) is 5.16 Å². The summed E-state index contributed by atoms with van der Waals surface area (Å²) < 4.78 is 12.9. The van der Waals surface area contributed by atoms with Gasteiger partial charge in [-0.15, -0.1) is 10.2 Å². The molecule has 0 amide bonds. The fourth-order valence-corrected chi connectivity index (χ4v) is 4.99. The highest BCUT2D eigenvalue weighted by Gasteiger charge is 2.24. The number of methoxy groups -OCH3 is 1. The van der Waals surface area contributed by atoms with Crippen molar-refractivity contribution >= 4 is 35.0 Å². The molecular formula is C25H22Cl2N4O4S. The monoisotopic (exact) mass is 544 g/mol. The highest BCUT2D eigenvalue weighted by Crippen LogP contribution is 2.37. The number of aromatic nitrogens is 3. The first kappa shape index (κ1) is 25.8. The molecule has 8 nitrogen and oxygen atoms in total. The fraction of sp³-hybridized carbons (Fsp3) is 0.200. The predicted octanol–water partition coefficient (Wildman–Crippen LogP) is 6.58. The number of aryl methyl sites for hydroxylation is 1. The molecule has 1 atom stereocenters. The summed E-state index contributed by atoms with van der Waals surface area (Å²) in [6.07, 6.45) is 0. The van der Waals surface area contributed by atoms with Gasteiger partial charge in [0.05, 0.1) is 17.2 Å². The summed E-state index contributed by atoms with van der Waals surface area (Å²) in [5, 5.41) is 21.0. The van der Waals surface area contributed by atoms with Crippen molar-refractivity contribution in [1.82, 2.24) is 14.8 Å². The Morgan fingerprint density at radius 3 is 2.33 bits per heavy atom. The second-order valence-corrected chi connectivity index (χ2v) is 9.78. The van der Waals surface area contributed by atoms with Gasteiger partial charge in [-0.25, -0.2) is 0 Å². The van der Waals surface area contributed by atoms with Crippen molar-refractivity contribution < 1.29 is 14.4 Å². The van der Waals surface area contributed by atoms with E-state index in [9.17, 15) is 10.1 Å². The zero-order chi connectivity index (χ0) is 25.7. The van der Waals surface area contributed by atoms with Crippen molar-refractivity contribution in [3.8, 4) is 17.2 Å². The average Bonchev–Trinajstić information content (AvgIpc) is 3.24. The Morgan fingerprint density at radius 2 is 1.69 bits per heavy atom. The maximum atomic E-state index is 11.5. The van der Waals surface area contributed by atoms with Crippen molar-refractivity contribution in [3.05, 3.63) is 104 Å². The summed E-state index contributed by atoms with van der Waals surface area (Å²) in [6.45, 7) is 1.88. The Bertz CT molecular complexity index is 1350. The molecule has 186 valence electrons. The minimum atomic E-state index is -0.482. The van der Waals surface area contributed by atoms with E-state index in [1.807, 2.05) is 54.0 Å². The Morgan fingerprint density at radius 1 is 1.00 bits per heavy atom. The topological polar surface area (TPSA) is 92.3 Å². The molecule has 0 saturated heterocycles. The van der Waals surface area contributed by atoms with Crippen molar-refractivity contribution in [2.75, 3.05) is 13.7 Å². The molecule has 0 aliphatic heterocycles. The smallest absolute Gasteiger partial charge is 0.220 e. The van der Waals surface area contributed by atoms with Crippen LogP contribution in [0.5, 0.6) is 11.5 Å². The molecule has 36 heavy (non-hydrogen) atoms. The molecule has 0 bridgehead atoms. The van der Waals surface area contributed by atoms with Gasteiger partial charge < -0.3 is 9.47 Å². The molecule has 0 unspecified atom stereocenters. The lowest BCUT2D eigenvalue weighted by molar-refractivity contribution is -0.479. The first-order valence-electron chi connectivity index (χ1n) is 10.9. The van der Waals surface area contributed by atoms with Crippen LogP contribution in [0.1, 0.15) is 22.2 Å². The minimum Gasteiger partial charge on any atom is -0.497 e. The van der Waals surface area contributed by atoms with E-state index in [-0.39, 0.29) is 11.5 Å². The lowest BCUT2D eigenvalue weighted by Crippen LogP contribution is -2.11. The third kappa shape index (κ3) is 6.29. The van der Waals surface area contributed by atoms with E-state index in [1.165, 1.54) is 11.8 Å². The Balaban J connectivity index is 1.52. The predicted molar refractivity (Wildman–Crippen MR) is 140 cm³/mol. The number of hydrogen-bond acceptors (Lipinski definition) is 7. The standard InChI is InChI=1S/C25H22Cl2N4O4S/c1-16-28-29-25(31(16)19-6-10-20(34-2)11-7-19)36-24(14-30(32)33)18-4-8-21(9-5-18)35-15-17-3-12-22(26)23(27)13-17/h3-13,24H,14-15H2,1-2H3/t24-/m1/s1. The second kappa shape index (κ2) is 11.6. The van der Waals surface area contributed by atoms with Crippen LogP contribution in [0.25, 0.3) is 5.69 Å². The van der Waals surface area contributed by atoms with Gasteiger partial charge in [0.1, 0.15) is 29.2 Å². The Hall–Kier alpha value is -3.27. The van der Waals surface area contributed by atoms with E-state index in [4.69, 9.17) is 32.7 Å². The molecule has 0 radical (unpaired) electrons. The van der Waals surface area contributed by atoms with E-state index in [1.54, 1.807) is 31.4 Å². The van der Waals surface area contributed by atoms with Gasteiger partial charge in [-0.05, 0) is 66.6 Å². The minimum absolute atomic E-state index is 0.275. The Kier molecular flexibility index (Phi) is 8.35. The van der Waals surface area contributed by atoms with Crippen LogP contribution < -0.4 is 9.47 Å². The van der Waals surface area contributed by atoms with Crippen LogP contribution in [0.2, 0.25) is 10.0 Å². The summed E-state index contributed by atoms with van der Waals surface area (Å²) >= 11 is 13.3. The zero-order valence-electron chi connectivity index (χ0n) is 19.4. The second-order valence-electron chi connectivity index (χ2n) is 7.79. The molecule has 1 heterocycles. The first-order valence-corrected chi connectivity index (χ1v) is 12.5. The molecule has 0 aliphatic carbocycles. The van der Waals surface area contributed by atoms with E-state index in [2.05, 4.69) is 10.2 Å². The summed E-state index contributed by atoms with van der Waals surface area (Å²) in [7, 11) is 1.60. The lowest BCUT2D eigenvalue weighted by atomic mass is 10.1. The molecule has 0 aliphatic rings. The van der Waals surface area contributed by atoms with Crippen molar-refractivity contribution in [1.29, 1.82) is 0 Å². The molecule has 4 aromatic rings. The van der Waals surface area contributed by atoms with Gasteiger partial charge in [0.25, 0.3) is 0 Å². The fourth-order valence-electron chi connectivity index (χ4n) is 3.50. The molecular weight excluding hydrogens is 523 g/mol. The molecule has 0 fully saturated rings. The summed E-state index contributed by atoms with van der Waals surface area (Å²) in [5.74, 6) is 2.03. The van der Waals surface area contributed by atoms with Crippen LogP contribution in [0, 0.1) is 17.0 Å². The zero-order valence-corrected chi connectivity index (χ0v) is 21.8. The number of hydrogen-bond donors (Lipinski definition) is 0. The van der Waals surface area contributed by atoms with Gasteiger partial charge in [0, 0.05) is 10.6 Å². The summed E-state index contributed by atoms with van der Waals surface area (Å²) in [5.41, 5.74) is 2.50. The van der Waals surface area contributed by atoms with Gasteiger partial charge in [-0.1, -0.05) is 53.2 Å². The molecule has 1 aromatic heterocycles. The third-order valence-corrected chi connectivity index (χ3v) is 7.25. The van der Waals surface area contributed by atoms with Crippen molar-refractivity contribution in [3.63, 3.8) is 0 Å². The van der Waals surface area contributed by atoms with Gasteiger partial charge in [-0.2, -0.15) is 0 Å². The molecule has 0 saturated carbocycles. The van der Waals surface area contributed by atoms with E-state index in [0.29, 0.717) is 33.4 Å². The number of ether oxygens (including phenoxy) is 2. The van der Waals surface area contributed by atoms with Crippen LogP contribution in [0.4, 0.5) is 0 Å². The summed E-state index contributed by atoms with van der Waals surface area (Å²) in [4.78, 5) is 11.1. The third-order valence-electron chi connectivity index (χ3n) is 5.33. The Labute approximate surface area is 222 Å². The van der Waals surface area contributed by atoms with Crippen molar-refractivity contribution in [2.24, 2.45) is 0 Å². The molecule has 4 rings (SSSR count). The lowest BCUT2D eigenvalue weighted by Gasteiger charge is -2.15. The SMILES string of the molecule is COc1ccc(-n2c(C)nnc2S[C@H](C[N+](=O)[O-])c2ccc(OCc3ccc(Cl)c(Cl)c3)cc2)cc1.